The van der Waals surface area contributed by atoms with E-state index in [1.165, 1.54) is 24.2 Å². The van der Waals surface area contributed by atoms with Gasteiger partial charge in [0.25, 0.3) is 0 Å². The number of aryl methyl sites for hydroxylation is 2. The van der Waals surface area contributed by atoms with Crippen molar-refractivity contribution < 1.29 is 4.74 Å². The number of nitrogens with one attached hydrogen (secondary N) is 2. The second-order valence-electron chi connectivity index (χ2n) is 6.84. The minimum Gasteiger partial charge on any atom is -0.378 e. The number of hydrogen-bond donors (Lipinski definition) is 2. The first-order chi connectivity index (χ1) is 13.3. The molecular formula is C17H21BrN8O. The van der Waals surface area contributed by atoms with Gasteiger partial charge in [0.15, 0.2) is 5.65 Å². The Balaban J connectivity index is 1.43. The Bertz CT molecular complexity index is 938. The van der Waals surface area contributed by atoms with Gasteiger partial charge in [-0.15, -0.1) is 0 Å². The molecule has 0 radical (unpaired) electrons. The molecule has 3 aromatic rings. The van der Waals surface area contributed by atoms with Crippen molar-refractivity contribution in [1.29, 1.82) is 0 Å². The summed E-state index contributed by atoms with van der Waals surface area (Å²) in [6.45, 7) is 3.52. The minimum absolute atomic E-state index is 0.569. The normalized spacial score (nSPS) is 17.3. The van der Waals surface area contributed by atoms with Crippen molar-refractivity contribution in [2.24, 2.45) is 0 Å². The average Bonchev–Trinajstić information content (AvgIpc) is 3.30. The van der Waals surface area contributed by atoms with Gasteiger partial charge in [-0.1, -0.05) is 0 Å². The summed E-state index contributed by atoms with van der Waals surface area (Å²) in [5.41, 5.74) is 3.23. The highest BCUT2D eigenvalue weighted by molar-refractivity contribution is 9.10. The number of ether oxygens (including phenoxy) is 1. The van der Waals surface area contributed by atoms with Crippen molar-refractivity contribution >= 4 is 33.5 Å². The topological polar surface area (TPSA) is 96.3 Å². The number of H-pyrrole nitrogens is 1. The molecule has 1 aliphatic carbocycles. The van der Waals surface area contributed by atoms with Gasteiger partial charge in [-0.05, 0) is 41.6 Å². The molecule has 27 heavy (non-hydrogen) atoms. The molecule has 0 unspecified atom stereocenters. The smallest absolute Gasteiger partial charge is 0.230 e. The summed E-state index contributed by atoms with van der Waals surface area (Å²) in [4.78, 5) is 19.7. The quantitative estimate of drug-likeness (QED) is 0.649. The number of morpholine rings is 1. The molecule has 2 N–H and O–H groups in total. The van der Waals surface area contributed by atoms with Crippen LogP contribution in [0.4, 0.5) is 11.9 Å². The number of fused-ring (bicyclic) bond motifs is 2. The van der Waals surface area contributed by atoms with Gasteiger partial charge >= 0.3 is 0 Å². The molecule has 0 amide bonds. The first-order valence-electron chi connectivity index (χ1n) is 9.32. The number of hydrogen-bond acceptors (Lipinski definition) is 7. The van der Waals surface area contributed by atoms with Crippen LogP contribution in [0.1, 0.15) is 30.1 Å². The van der Waals surface area contributed by atoms with E-state index in [-0.39, 0.29) is 0 Å². The summed E-state index contributed by atoms with van der Waals surface area (Å²) in [5, 5.41) is 7.77. The maximum absolute atomic E-state index is 5.44. The van der Waals surface area contributed by atoms with Gasteiger partial charge in [0.1, 0.15) is 5.82 Å². The van der Waals surface area contributed by atoms with E-state index >= 15 is 0 Å². The van der Waals surface area contributed by atoms with Crippen LogP contribution < -0.4 is 10.2 Å². The molecule has 2 aliphatic rings. The van der Waals surface area contributed by atoms with E-state index in [4.69, 9.17) is 14.7 Å². The molecule has 142 valence electrons. The fraction of sp³-hybridized carbons (Fsp3) is 0.529. The van der Waals surface area contributed by atoms with Gasteiger partial charge < -0.3 is 19.9 Å². The molecule has 1 fully saturated rings. The minimum atomic E-state index is 0.569. The van der Waals surface area contributed by atoms with Gasteiger partial charge in [0.05, 0.1) is 36.1 Å². The number of nitrogens with zero attached hydrogens (tertiary/aromatic N) is 6. The molecule has 0 spiro atoms. The fourth-order valence-electron chi connectivity index (χ4n) is 3.62. The van der Waals surface area contributed by atoms with Gasteiger partial charge in [0.2, 0.25) is 11.9 Å². The highest BCUT2D eigenvalue weighted by atomic mass is 79.9. The predicted molar refractivity (Wildman–Crippen MR) is 104 cm³/mol. The molecule has 0 aromatic carbocycles. The van der Waals surface area contributed by atoms with Gasteiger partial charge in [-0.2, -0.15) is 19.6 Å². The van der Waals surface area contributed by atoms with E-state index in [9.17, 15) is 0 Å². The van der Waals surface area contributed by atoms with E-state index in [0.29, 0.717) is 31.7 Å². The van der Waals surface area contributed by atoms with Crippen molar-refractivity contribution in [1.82, 2.24) is 29.5 Å². The Hall–Kier alpha value is -2.20. The molecule has 0 saturated carbocycles. The van der Waals surface area contributed by atoms with Crippen molar-refractivity contribution in [3.05, 3.63) is 27.9 Å². The summed E-state index contributed by atoms with van der Waals surface area (Å²) in [6.07, 6.45) is 6.36. The first kappa shape index (κ1) is 16.9. The Morgan fingerprint density at radius 1 is 1.15 bits per heavy atom. The zero-order valence-corrected chi connectivity index (χ0v) is 16.5. The van der Waals surface area contributed by atoms with E-state index in [2.05, 4.69) is 41.2 Å². The number of rotatable bonds is 4. The highest BCUT2D eigenvalue weighted by Crippen LogP contribution is 2.23. The average molecular weight is 433 g/mol. The van der Waals surface area contributed by atoms with Crippen LogP contribution in [0.3, 0.4) is 0 Å². The van der Waals surface area contributed by atoms with Gasteiger partial charge in [-0.25, -0.2) is 4.98 Å². The third kappa shape index (κ3) is 3.27. The number of halogens is 1. The molecule has 1 saturated heterocycles. The van der Waals surface area contributed by atoms with Crippen LogP contribution in [0.2, 0.25) is 0 Å². The zero-order valence-electron chi connectivity index (χ0n) is 14.9. The van der Waals surface area contributed by atoms with E-state index in [1.807, 2.05) is 0 Å². The number of aromatic nitrogens is 6. The van der Waals surface area contributed by atoms with E-state index in [1.54, 1.807) is 10.7 Å². The summed E-state index contributed by atoms with van der Waals surface area (Å²) in [5.74, 6) is 2.28. The lowest BCUT2D eigenvalue weighted by Crippen LogP contribution is -2.37. The van der Waals surface area contributed by atoms with Crippen molar-refractivity contribution in [2.45, 2.75) is 32.2 Å². The van der Waals surface area contributed by atoms with Crippen LogP contribution >= 0.6 is 15.9 Å². The van der Waals surface area contributed by atoms with Crippen molar-refractivity contribution in [3.63, 3.8) is 0 Å². The number of anilines is 2. The van der Waals surface area contributed by atoms with Crippen LogP contribution in [-0.2, 0) is 24.1 Å². The van der Waals surface area contributed by atoms with Crippen LogP contribution in [0, 0.1) is 0 Å². The third-order valence-corrected chi connectivity index (χ3v) is 5.58. The summed E-state index contributed by atoms with van der Waals surface area (Å²) < 4.78 is 8.00. The molecule has 4 heterocycles. The number of imidazole rings is 1. The van der Waals surface area contributed by atoms with Crippen LogP contribution in [0.5, 0.6) is 0 Å². The summed E-state index contributed by atoms with van der Waals surface area (Å²) >= 11 is 3.53. The zero-order chi connectivity index (χ0) is 18.2. The molecule has 0 atom stereocenters. The monoisotopic (exact) mass is 432 g/mol. The van der Waals surface area contributed by atoms with Gasteiger partial charge in [0, 0.05) is 18.8 Å². The lowest BCUT2D eigenvalue weighted by atomic mass is 10.0. The van der Waals surface area contributed by atoms with E-state index < -0.39 is 0 Å². The fourth-order valence-corrected chi connectivity index (χ4v) is 3.97. The molecule has 1 aliphatic heterocycles. The Morgan fingerprint density at radius 3 is 2.85 bits per heavy atom. The molecular weight excluding hydrogens is 412 g/mol. The SMILES string of the molecule is Brc1cnn2c(NCc3nc4c([nH]3)CCCC4)nc(N3CCOCC3)nc12. The number of aromatic amines is 1. The standard InChI is InChI=1S/C17H21BrN8O/c18-11-9-20-26-15(11)23-17(25-5-7-27-8-6-25)24-16(26)19-10-14-21-12-3-1-2-4-13(12)22-14/h9H,1-8,10H2,(H,21,22)(H,19,23,24). The second kappa shape index (κ2) is 7.08. The maximum Gasteiger partial charge on any atom is 0.230 e. The Labute approximate surface area is 164 Å². The molecule has 5 rings (SSSR count). The van der Waals surface area contributed by atoms with E-state index in [0.717, 1.165) is 41.9 Å². The lowest BCUT2D eigenvalue weighted by Gasteiger charge is -2.27. The van der Waals surface area contributed by atoms with Crippen LogP contribution in [0.25, 0.3) is 5.65 Å². The molecule has 9 nitrogen and oxygen atoms in total. The second-order valence-corrected chi connectivity index (χ2v) is 7.70. The van der Waals surface area contributed by atoms with Crippen molar-refractivity contribution in [2.75, 3.05) is 36.5 Å². The molecule has 0 bridgehead atoms. The highest BCUT2D eigenvalue weighted by Gasteiger charge is 2.19. The molecule has 10 heteroatoms. The third-order valence-electron chi connectivity index (χ3n) is 5.02. The van der Waals surface area contributed by atoms with Crippen LogP contribution in [-0.4, -0.2) is 55.9 Å². The first-order valence-corrected chi connectivity index (χ1v) is 10.1. The van der Waals surface area contributed by atoms with Crippen LogP contribution in [0.15, 0.2) is 10.7 Å². The Kier molecular flexibility index (Phi) is 4.44. The lowest BCUT2D eigenvalue weighted by molar-refractivity contribution is 0.122. The van der Waals surface area contributed by atoms with Crippen molar-refractivity contribution in [3.8, 4) is 0 Å². The Morgan fingerprint density at radius 2 is 2.00 bits per heavy atom. The predicted octanol–water partition coefficient (Wildman–Crippen LogP) is 1.94. The summed E-state index contributed by atoms with van der Waals surface area (Å²) in [7, 11) is 0. The largest absolute Gasteiger partial charge is 0.378 e. The molecule has 3 aromatic heterocycles. The van der Waals surface area contributed by atoms with Gasteiger partial charge in [-0.3, -0.25) is 0 Å². The maximum atomic E-state index is 5.44. The summed E-state index contributed by atoms with van der Waals surface area (Å²) in [6, 6.07) is 0.